The minimum Gasteiger partial charge on any atom is -0.459 e. The second-order valence-electron chi connectivity index (χ2n) is 5.06. The molecule has 1 unspecified atom stereocenters. The fourth-order valence-corrected chi connectivity index (χ4v) is 2.29. The first kappa shape index (κ1) is 17.1. The van der Waals surface area contributed by atoms with Gasteiger partial charge in [-0.1, -0.05) is 30.7 Å². The molecule has 0 aliphatic carbocycles. The molecule has 2 amide bonds. The molecule has 0 bridgehead atoms. The number of hydrogen-bond donors (Lipinski definition) is 2. The number of carbonyl (C=O) groups excluding carboxylic acids is 2. The van der Waals surface area contributed by atoms with Crippen molar-refractivity contribution in [3.05, 3.63) is 59.0 Å². The Labute approximate surface area is 140 Å². The summed E-state index contributed by atoms with van der Waals surface area (Å²) < 4.78 is 4.98. The van der Waals surface area contributed by atoms with Gasteiger partial charge in [-0.2, -0.15) is 0 Å². The van der Waals surface area contributed by atoms with Crippen molar-refractivity contribution in [3.8, 4) is 0 Å². The zero-order valence-corrected chi connectivity index (χ0v) is 13.6. The fourth-order valence-electron chi connectivity index (χ4n) is 2.17. The first-order valence-electron chi connectivity index (χ1n) is 7.46. The predicted molar refractivity (Wildman–Crippen MR) is 88.3 cm³/mol. The van der Waals surface area contributed by atoms with Crippen molar-refractivity contribution in [3.63, 3.8) is 0 Å². The highest BCUT2D eigenvalue weighted by Crippen LogP contribution is 2.19. The lowest BCUT2D eigenvalue weighted by atomic mass is 10.0. The maximum Gasteiger partial charge on any atom is 0.286 e. The van der Waals surface area contributed by atoms with Crippen molar-refractivity contribution < 1.29 is 14.0 Å². The molecule has 122 valence electrons. The van der Waals surface area contributed by atoms with Gasteiger partial charge in [0.05, 0.1) is 12.3 Å². The van der Waals surface area contributed by atoms with E-state index in [9.17, 15) is 9.59 Å². The molecule has 1 aromatic heterocycles. The molecule has 0 spiro atoms. The fraction of sp³-hybridized carbons (Fsp3) is 0.294. The van der Waals surface area contributed by atoms with E-state index in [-0.39, 0.29) is 36.6 Å². The van der Waals surface area contributed by atoms with Crippen LogP contribution in [0, 0.1) is 0 Å². The molecule has 0 saturated heterocycles. The first-order valence-corrected chi connectivity index (χ1v) is 7.84. The maximum absolute atomic E-state index is 12.0. The Balaban J connectivity index is 1.79. The normalized spacial score (nSPS) is 11.7. The Hall–Kier alpha value is -2.27. The van der Waals surface area contributed by atoms with E-state index in [1.807, 2.05) is 19.1 Å². The number of rotatable bonds is 7. The second-order valence-corrected chi connectivity index (χ2v) is 5.50. The molecule has 1 aromatic carbocycles. The minimum absolute atomic E-state index is 0.0689. The van der Waals surface area contributed by atoms with Crippen molar-refractivity contribution in [2.45, 2.75) is 25.8 Å². The van der Waals surface area contributed by atoms with E-state index in [0.29, 0.717) is 5.02 Å². The van der Waals surface area contributed by atoms with Crippen LogP contribution in [0.3, 0.4) is 0 Å². The van der Waals surface area contributed by atoms with Crippen LogP contribution in [0.25, 0.3) is 0 Å². The monoisotopic (exact) mass is 334 g/mol. The molecule has 0 fully saturated rings. The van der Waals surface area contributed by atoms with Gasteiger partial charge in [-0.15, -0.1) is 0 Å². The van der Waals surface area contributed by atoms with Crippen LogP contribution in [0.15, 0.2) is 47.1 Å². The summed E-state index contributed by atoms with van der Waals surface area (Å²) in [5.41, 5.74) is 1.00. The number of carbonyl (C=O) groups is 2. The lowest BCUT2D eigenvalue weighted by Gasteiger charge is -2.17. The average Bonchev–Trinajstić information content (AvgIpc) is 3.08. The number of amides is 2. The van der Waals surface area contributed by atoms with E-state index in [1.54, 1.807) is 24.3 Å². The highest BCUT2D eigenvalue weighted by molar-refractivity contribution is 6.30. The molecular weight excluding hydrogens is 316 g/mol. The van der Waals surface area contributed by atoms with Gasteiger partial charge in [0.25, 0.3) is 5.91 Å². The Morgan fingerprint density at radius 2 is 1.96 bits per heavy atom. The van der Waals surface area contributed by atoms with Gasteiger partial charge in [0.15, 0.2) is 5.76 Å². The molecule has 2 N–H and O–H groups in total. The summed E-state index contributed by atoms with van der Waals surface area (Å²) in [5.74, 6) is -0.211. The number of benzene rings is 1. The van der Waals surface area contributed by atoms with Gasteiger partial charge in [-0.3, -0.25) is 9.59 Å². The zero-order chi connectivity index (χ0) is 16.7. The van der Waals surface area contributed by atoms with E-state index in [1.165, 1.54) is 6.26 Å². The van der Waals surface area contributed by atoms with E-state index in [2.05, 4.69) is 10.6 Å². The molecule has 2 aromatic rings. The SMILES string of the molecule is CCC(NC(=O)CCNC(=O)c1ccco1)c1ccc(Cl)cc1. The standard InChI is InChI=1S/C17H19ClN2O3/c1-2-14(12-5-7-13(18)8-6-12)20-16(21)9-10-19-17(22)15-4-3-11-23-15/h3-8,11,14H,2,9-10H2,1H3,(H,19,22)(H,20,21). The molecular formula is C17H19ClN2O3. The molecule has 0 aliphatic rings. The quantitative estimate of drug-likeness (QED) is 0.816. The average molecular weight is 335 g/mol. The summed E-state index contributed by atoms with van der Waals surface area (Å²) in [7, 11) is 0. The van der Waals surface area contributed by atoms with Crippen molar-refractivity contribution in [2.75, 3.05) is 6.54 Å². The van der Waals surface area contributed by atoms with Gasteiger partial charge in [0.2, 0.25) is 5.91 Å². The minimum atomic E-state index is -0.326. The Morgan fingerprint density at radius 1 is 1.22 bits per heavy atom. The third kappa shape index (κ3) is 5.14. The molecule has 23 heavy (non-hydrogen) atoms. The molecule has 2 rings (SSSR count). The molecule has 0 saturated carbocycles. The summed E-state index contributed by atoms with van der Waals surface area (Å²) in [6.45, 7) is 2.25. The molecule has 1 atom stereocenters. The first-order chi connectivity index (χ1) is 11.1. The third-order valence-corrected chi connectivity index (χ3v) is 3.65. The Bertz CT molecular complexity index is 638. The van der Waals surface area contributed by atoms with Crippen molar-refractivity contribution in [1.82, 2.24) is 10.6 Å². The highest BCUT2D eigenvalue weighted by atomic mass is 35.5. The van der Waals surface area contributed by atoms with Crippen LogP contribution in [0.5, 0.6) is 0 Å². The van der Waals surface area contributed by atoms with Gasteiger partial charge in [-0.25, -0.2) is 0 Å². The van der Waals surface area contributed by atoms with Crippen molar-refractivity contribution >= 4 is 23.4 Å². The van der Waals surface area contributed by atoms with Crippen molar-refractivity contribution in [1.29, 1.82) is 0 Å². The van der Waals surface area contributed by atoms with Crippen LogP contribution in [0.4, 0.5) is 0 Å². The largest absolute Gasteiger partial charge is 0.459 e. The molecule has 1 heterocycles. The molecule has 5 nitrogen and oxygen atoms in total. The van der Waals surface area contributed by atoms with E-state index < -0.39 is 0 Å². The van der Waals surface area contributed by atoms with Gasteiger partial charge in [0.1, 0.15) is 0 Å². The van der Waals surface area contributed by atoms with Crippen LogP contribution in [0.2, 0.25) is 5.02 Å². The number of nitrogens with one attached hydrogen (secondary N) is 2. The molecule has 0 radical (unpaired) electrons. The number of halogens is 1. The van der Waals surface area contributed by atoms with Crippen LogP contribution >= 0.6 is 11.6 Å². The number of furan rings is 1. The smallest absolute Gasteiger partial charge is 0.286 e. The van der Waals surface area contributed by atoms with E-state index in [4.69, 9.17) is 16.0 Å². The number of hydrogen-bond acceptors (Lipinski definition) is 3. The summed E-state index contributed by atoms with van der Waals surface area (Å²) in [4.78, 5) is 23.7. The van der Waals surface area contributed by atoms with Crippen LogP contribution in [-0.4, -0.2) is 18.4 Å². The van der Waals surface area contributed by atoms with Crippen LogP contribution < -0.4 is 10.6 Å². The summed E-state index contributed by atoms with van der Waals surface area (Å²) in [6, 6.07) is 10.5. The maximum atomic E-state index is 12.0. The Morgan fingerprint density at radius 3 is 2.57 bits per heavy atom. The highest BCUT2D eigenvalue weighted by Gasteiger charge is 2.13. The Kier molecular flexibility index (Phi) is 6.23. The van der Waals surface area contributed by atoms with Gasteiger partial charge in [0, 0.05) is 18.0 Å². The topological polar surface area (TPSA) is 71.3 Å². The lowest BCUT2D eigenvalue weighted by Crippen LogP contribution is -2.32. The summed E-state index contributed by atoms with van der Waals surface area (Å²) >= 11 is 5.87. The van der Waals surface area contributed by atoms with Crippen molar-refractivity contribution in [2.24, 2.45) is 0 Å². The predicted octanol–water partition coefficient (Wildman–Crippen LogP) is 3.32. The third-order valence-electron chi connectivity index (χ3n) is 3.40. The van der Waals surface area contributed by atoms with Crippen LogP contribution in [-0.2, 0) is 4.79 Å². The summed E-state index contributed by atoms with van der Waals surface area (Å²) in [5, 5.41) is 6.26. The van der Waals surface area contributed by atoms with Gasteiger partial charge < -0.3 is 15.1 Å². The second kappa shape index (κ2) is 8.39. The van der Waals surface area contributed by atoms with E-state index >= 15 is 0 Å². The zero-order valence-electron chi connectivity index (χ0n) is 12.8. The van der Waals surface area contributed by atoms with Gasteiger partial charge in [-0.05, 0) is 36.2 Å². The molecule has 0 aliphatic heterocycles. The van der Waals surface area contributed by atoms with E-state index in [0.717, 1.165) is 12.0 Å². The molecule has 6 heteroatoms. The van der Waals surface area contributed by atoms with Gasteiger partial charge >= 0.3 is 0 Å². The lowest BCUT2D eigenvalue weighted by molar-refractivity contribution is -0.121. The summed E-state index contributed by atoms with van der Waals surface area (Å²) in [6.07, 6.45) is 2.41. The van der Waals surface area contributed by atoms with Crippen LogP contribution in [0.1, 0.15) is 41.9 Å².